The monoisotopic (exact) mass is 271 g/mol. The number of rotatable bonds is 6. The zero-order valence-corrected chi connectivity index (χ0v) is 10.9. The molecule has 0 saturated carbocycles. The first-order valence-corrected chi connectivity index (χ1v) is 5.65. The number of ether oxygens (including phenoxy) is 2. The molecule has 0 aliphatic carbocycles. The zero-order chi connectivity index (χ0) is 13.5. The Bertz CT molecular complexity index is 425. The minimum atomic E-state index is -0.498. The van der Waals surface area contributed by atoms with Gasteiger partial charge in [0, 0.05) is 13.0 Å². The second-order valence-electron chi connectivity index (χ2n) is 3.40. The first kappa shape index (κ1) is 14.3. The molecule has 0 fully saturated rings. The van der Waals surface area contributed by atoms with Crippen molar-refractivity contribution in [2.24, 2.45) is 0 Å². The van der Waals surface area contributed by atoms with Gasteiger partial charge in [0.05, 0.1) is 14.2 Å². The Labute approximate surface area is 110 Å². The molecule has 1 N–H and O–H groups in total. The van der Waals surface area contributed by atoms with Crippen molar-refractivity contribution in [3.63, 3.8) is 0 Å². The number of hydrogen-bond donors (Lipinski definition) is 1. The van der Waals surface area contributed by atoms with E-state index in [0.29, 0.717) is 17.1 Å². The van der Waals surface area contributed by atoms with E-state index in [1.165, 1.54) is 14.2 Å². The summed E-state index contributed by atoms with van der Waals surface area (Å²) < 4.78 is 10.2. The molecular weight excluding hydrogens is 258 g/mol. The molecule has 0 saturated heterocycles. The lowest BCUT2D eigenvalue weighted by atomic mass is 10.1. The second-order valence-corrected chi connectivity index (χ2v) is 3.82. The van der Waals surface area contributed by atoms with E-state index in [0.717, 1.165) is 0 Å². The predicted octanol–water partition coefficient (Wildman–Crippen LogP) is 1.59. The molecule has 1 aromatic rings. The quantitative estimate of drug-likeness (QED) is 0.798. The van der Waals surface area contributed by atoms with Crippen LogP contribution >= 0.6 is 11.6 Å². The number of methoxy groups -OCH3 is 2. The molecule has 6 heteroatoms. The molecule has 98 valence electrons. The summed E-state index contributed by atoms with van der Waals surface area (Å²) in [5, 5.41) is 2.08. The Morgan fingerprint density at radius 1 is 1.22 bits per heavy atom. The third-order valence-corrected chi connectivity index (χ3v) is 2.45. The minimum Gasteiger partial charge on any atom is -0.496 e. The number of nitrogens with one attached hydrogen (secondary N) is 1. The van der Waals surface area contributed by atoms with Gasteiger partial charge in [-0.15, -0.1) is 0 Å². The van der Waals surface area contributed by atoms with E-state index in [1.54, 1.807) is 18.2 Å². The first-order chi connectivity index (χ1) is 8.60. The van der Waals surface area contributed by atoms with Gasteiger partial charge in [0.1, 0.15) is 17.1 Å². The topological polar surface area (TPSA) is 64.6 Å². The fourth-order valence-electron chi connectivity index (χ4n) is 1.44. The van der Waals surface area contributed by atoms with Crippen LogP contribution < -0.4 is 14.8 Å². The van der Waals surface area contributed by atoms with Gasteiger partial charge >= 0.3 is 0 Å². The molecule has 0 atom stereocenters. The maximum Gasteiger partial charge on any atom is 0.258 e. The molecule has 0 radical (unpaired) electrons. The molecule has 1 amide bonds. The van der Waals surface area contributed by atoms with Gasteiger partial charge in [0.15, 0.2) is 0 Å². The molecule has 0 aliphatic heterocycles. The van der Waals surface area contributed by atoms with Gasteiger partial charge in [0.25, 0.3) is 5.91 Å². The summed E-state index contributed by atoms with van der Waals surface area (Å²) in [5.41, 5.74) is 0.296. The van der Waals surface area contributed by atoms with Crippen LogP contribution in [0.3, 0.4) is 0 Å². The van der Waals surface area contributed by atoms with Crippen molar-refractivity contribution in [2.45, 2.75) is 6.42 Å². The Kier molecular flexibility index (Phi) is 5.45. The van der Waals surface area contributed by atoms with E-state index < -0.39 is 5.24 Å². The molecule has 0 heterocycles. The van der Waals surface area contributed by atoms with Crippen LogP contribution in [0.5, 0.6) is 11.5 Å². The van der Waals surface area contributed by atoms with Gasteiger partial charge < -0.3 is 14.8 Å². The Morgan fingerprint density at radius 3 is 2.22 bits per heavy atom. The smallest absolute Gasteiger partial charge is 0.258 e. The molecule has 0 spiro atoms. The van der Waals surface area contributed by atoms with Crippen LogP contribution in [0.1, 0.15) is 16.8 Å². The summed E-state index contributed by atoms with van der Waals surface area (Å²) in [4.78, 5) is 22.5. The van der Waals surface area contributed by atoms with Crippen molar-refractivity contribution in [2.75, 3.05) is 20.8 Å². The van der Waals surface area contributed by atoms with E-state index in [-0.39, 0.29) is 18.9 Å². The Morgan fingerprint density at radius 2 is 1.78 bits per heavy atom. The fraction of sp³-hybridized carbons (Fsp3) is 0.333. The lowest BCUT2D eigenvalue weighted by Crippen LogP contribution is -2.26. The number of amides is 1. The largest absolute Gasteiger partial charge is 0.496 e. The fourth-order valence-corrected chi connectivity index (χ4v) is 1.53. The lowest BCUT2D eigenvalue weighted by molar-refractivity contribution is -0.111. The van der Waals surface area contributed by atoms with Gasteiger partial charge in [-0.3, -0.25) is 9.59 Å². The number of halogens is 1. The lowest BCUT2D eigenvalue weighted by Gasteiger charge is -2.12. The standard InChI is InChI=1S/C12H14ClNO4/c1-17-8-4-3-5-9(18-2)11(8)12(16)14-7-6-10(13)15/h3-5H,6-7H2,1-2H3,(H,14,16). The number of hydrogen-bond acceptors (Lipinski definition) is 4. The maximum absolute atomic E-state index is 12.0. The van der Waals surface area contributed by atoms with Crippen LogP contribution in [0.2, 0.25) is 0 Å². The normalized spacial score (nSPS) is 9.72. The highest BCUT2D eigenvalue weighted by Gasteiger charge is 2.17. The summed E-state index contributed by atoms with van der Waals surface area (Å²) in [6, 6.07) is 5.03. The van der Waals surface area contributed by atoms with Crippen LogP contribution in [0.4, 0.5) is 0 Å². The summed E-state index contributed by atoms with van der Waals surface area (Å²) in [5.74, 6) is 0.440. The Balaban J connectivity index is 2.86. The van der Waals surface area contributed by atoms with Crippen LogP contribution in [0.15, 0.2) is 18.2 Å². The SMILES string of the molecule is COc1cccc(OC)c1C(=O)NCCC(=O)Cl. The van der Waals surface area contributed by atoms with Crippen LogP contribution in [-0.4, -0.2) is 31.9 Å². The average Bonchev–Trinajstić information content (AvgIpc) is 2.36. The maximum atomic E-state index is 12.0. The summed E-state index contributed by atoms with van der Waals surface area (Å²) >= 11 is 5.18. The van der Waals surface area contributed by atoms with Crippen molar-refractivity contribution < 1.29 is 19.1 Å². The van der Waals surface area contributed by atoms with Crippen molar-refractivity contribution in [3.05, 3.63) is 23.8 Å². The van der Waals surface area contributed by atoms with Crippen molar-refractivity contribution in [1.29, 1.82) is 0 Å². The highest BCUT2D eigenvalue weighted by molar-refractivity contribution is 6.63. The molecule has 0 aliphatic rings. The molecule has 0 aromatic heterocycles. The molecule has 0 unspecified atom stereocenters. The van der Waals surface area contributed by atoms with E-state index in [1.807, 2.05) is 0 Å². The number of carbonyl (C=O) groups is 2. The average molecular weight is 272 g/mol. The van der Waals surface area contributed by atoms with Crippen LogP contribution in [0, 0.1) is 0 Å². The second kappa shape index (κ2) is 6.86. The van der Waals surface area contributed by atoms with E-state index >= 15 is 0 Å². The molecular formula is C12H14ClNO4. The molecule has 0 bridgehead atoms. The van der Waals surface area contributed by atoms with E-state index in [4.69, 9.17) is 21.1 Å². The summed E-state index contributed by atoms with van der Waals surface area (Å²) in [6.45, 7) is 0.169. The van der Waals surface area contributed by atoms with Crippen LogP contribution in [0.25, 0.3) is 0 Å². The third-order valence-electron chi connectivity index (χ3n) is 2.26. The predicted molar refractivity (Wildman–Crippen MR) is 67.4 cm³/mol. The van der Waals surface area contributed by atoms with Crippen molar-refractivity contribution in [3.8, 4) is 11.5 Å². The van der Waals surface area contributed by atoms with Gasteiger partial charge in [-0.25, -0.2) is 0 Å². The highest BCUT2D eigenvalue weighted by atomic mass is 35.5. The molecule has 18 heavy (non-hydrogen) atoms. The highest BCUT2D eigenvalue weighted by Crippen LogP contribution is 2.27. The van der Waals surface area contributed by atoms with Crippen LogP contribution in [-0.2, 0) is 4.79 Å². The van der Waals surface area contributed by atoms with E-state index in [2.05, 4.69) is 5.32 Å². The minimum absolute atomic E-state index is 0.0742. The van der Waals surface area contributed by atoms with Gasteiger partial charge in [-0.05, 0) is 23.7 Å². The molecule has 1 aromatic carbocycles. The van der Waals surface area contributed by atoms with E-state index in [9.17, 15) is 9.59 Å². The zero-order valence-electron chi connectivity index (χ0n) is 10.2. The summed E-state index contributed by atoms with van der Waals surface area (Å²) in [7, 11) is 2.93. The van der Waals surface area contributed by atoms with Gasteiger partial charge in [-0.2, -0.15) is 0 Å². The molecule has 5 nitrogen and oxygen atoms in total. The summed E-state index contributed by atoms with van der Waals surface area (Å²) in [6.07, 6.45) is 0.0742. The number of benzene rings is 1. The van der Waals surface area contributed by atoms with Crippen molar-refractivity contribution in [1.82, 2.24) is 5.32 Å². The van der Waals surface area contributed by atoms with Crippen molar-refractivity contribution >= 4 is 22.8 Å². The Hall–Kier alpha value is -1.75. The van der Waals surface area contributed by atoms with Gasteiger partial charge in [0.2, 0.25) is 5.24 Å². The third kappa shape index (κ3) is 3.63. The van der Waals surface area contributed by atoms with Gasteiger partial charge in [-0.1, -0.05) is 6.07 Å². The first-order valence-electron chi connectivity index (χ1n) is 5.27. The number of carbonyl (C=O) groups excluding carboxylic acids is 2. The molecule has 1 rings (SSSR count).